The Morgan fingerprint density at radius 1 is 1.26 bits per heavy atom. The van der Waals surface area contributed by atoms with E-state index in [4.69, 9.17) is 0 Å². The normalized spacial score (nSPS) is 19.7. The molecule has 5 heteroatoms. The molecule has 2 heterocycles. The monoisotopic (exact) mass is 307 g/mol. The lowest BCUT2D eigenvalue weighted by atomic mass is 9.88. The Hall–Kier alpha value is -2.66. The van der Waals surface area contributed by atoms with Gasteiger partial charge in [-0.05, 0) is 34.5 Å². The predicted molar refractivity (Wildman–Crippen MR) is 87.2 cm³/mol. The van der Waals surface area contributed by atoms with E-state index in [1.165, 1.54) is 0 Å². The smallest absolute Gasteiger partial charge is 0.251 e. The third-order valence-corrected chi connectivity index (χ3v) is 4.66. The maximum atomic E-state index is 11.7. The molecule has 5 nitrogen and oxygen atoms in total. The molecule has 23 heavy (non-hydrogen) atoms. The number of imidazole rings is 1. The maximum absolute atomic E-state index is 11.7. The Balaban J connectivity index is 1.80. The molecule has 0 aliphatic carbocycles. The summed E-state index contributed by atoms with van der Waals surface area (Å²) in [7, 11) is 1.62. The van der Waals surface area contributed by atoms with Crippen LogP contribution in [-0.4, -0.2) is 27.6 Å². The third kappa shape index (κ3) is 2.04. The number of benzene rings is 2. The van der Waals surface area contributed by atoms with E-state index in [1.54, 1.807) is 25.6 Å². The zero-order valence-electron chi connectivity index (χ0n) is 12.8. The van der Waals surface area contributed by atoms with Crippen LogP contribution in [0.5, 0.6) is 0 Å². The second-order valence-electron chi connectivity index (χ2n) is 5.94. The van der Waals surface area contributed by atoms with Crippen molar-refractivity contribution in [3.63, 3.8) is 0 Å². The molecule has 4 rings (SSSR count). The number of nitrogens with zero attached hydrogens (tertiary/aromatic N) is 2. The van der Waals surface area contributed by atoms with E-state index < -0.39 is 5.60 Å². The first kappa shape index (κ1) is 14.0. The van der Waals surface area contributed by atoms with E-state index >= 15 is 0 Å². The molecular weight excluding hydrogens is 290 g/mol. The number of hydrogen-bond donors (Lipinski definition) is 2. The van der Waals surface area contributed by atoms with Crippen LogP contribution in [0.1, 0.15) is 28.0 Å². The molecule has 1 aromatic heterocycles. The van der Waals surface area contributed by atoms with Gasteiger partial charge < -0.3 is 15.0 Å². The number of aryl methyl sites for hydroxylation is 1. The summed E-state index contributed by atoms with van der Waals surface area (Å²) in [5, 5.41) is 15.7. The van der Waals surface area contributed by atoms with Gasteiger partial charge in [-0.15, -0.1) is 0 Å². The van der Waals surface area contributed by atoms with Crippen LogP contribution in [0.3, 0.4) is 0 Å². The van der Waals surface area contributed by atoms with Crippen LogP contribution in [0, 0.1) is 0 Å². The highest BCUT2D eigenvalue weighted by Gasteiger charge is 2.39. The number of nitrogens with one attached hydrogen (secondary N) is 1. The SMILES string of the molecule is CNC(=O)c1ccc2cc([C@]3(O)CCn4cncc43)ccc2c1. The molecule has 0 saturated heterocycles. The standard InChI is InChI=1S/C18H17N3O2/c1-19-17(22)14-3-2-13-9-15(5-4-12(13)8-14)18(23)6-7-21-11-20-10-16(18)21/h2-5,8-11,23H,6-7H2,1H3,(H,19,22)/t18-/m1/s1. The van der Waals surface area contributed by atoms with Crippen LogP contribution in [0.4, 0.5) is 0 Å². The average Bonchev–Trinajstić information content (AvgIpc) is 3.18. The van der Waals surface area contributed by atoms with Gasteiger partial charge in [0.05, 0.1) is 18.2 Å². The van der Waals surface area contributed by atoms with Crippen molar-refractivity contribution in [2.45, 2.75) is 18.6 Å². The van der Waals surface area contributed by atoms with Crippen molar-refractivity contribution in [1.29, 1.82) is 0 Å². The minimum atomic E-state index is -0.996. The largest absolute Gasteiger partial charge is 0.379 e. The highest BCUT2D eigenvalue weighted by molar-refractivity contribution is 5.98. The molecule has 1 aliphatic rings. The summed E-state index contributed by atoms with van der Waals surface area (Å²) in [5.41, 5.74) is 1.32. The number of aliphatic hydroxyl groups is 1. The van der Waals surface area contributed by atoms with Crippen molar-refractivity contribution in [3.05, 3.63) is 65.7 Å². The van der Waals surface area contributed by atoms with Gasteiger partial charge in [0.2, 0.25) is 0 Å². The molecule has 1 aliphatic heterocycles. The lowest BCUT2D eigenvalue weighted by Gasteiger charge is -2.23. The third-order valence-electron chi connectivity index (χ3n) is 4.66. The van der Waals surface area contributed by atoms with Crippen molar-refractivity contribution in [2.75, 3.05) is 7.05 Å². The van der Waals surface area contributed by atoms with Gasteiger partial charge in [0.15, 0.2) is 0 Å². The molecule has 0 spiro atoms. The molecule has 2 aromatic carbocycles. The number of hydrogen-bond acceptors (Lipinski definition) is 3. The fourth-order valence-electron chi connectivity index (χ4n) is 3.33. The number of fused-ring (bicyclic) bond motifs is 2. The second-order valence-corrected chi connectivity index (χ2v) is 5.94. The summed E-state index contributed by atoms with van der Waals surface area (Å²) >= 11 is 0. The number of carbonyl (C=O) groups excluding carboxylic acids is 1. The first-order valence-electron chi connectivity index (χ1n) is 7.61. The molecule has 1 atom stereocenters. The lowest BCUT2D eigenvalue weighted by molar-refractivity contribution is 0.0826. The maximum Gasteiger partial charge on any atom is 0.251 e. The van der Waals surface area contributed by atoms with Crippen LogP contribution in [0.15, 0.2) is 48.9 Å². The molecule has 3 aromatic rings. The van der Waals surface area contributed by atoms with Crippen LogP contribution < -0.4 is 5.32 Å². The lowest BCUT2D eigenvalue weighted by Crippen LogP contribution is -2.23. The van der Waals surface area contributed by atoms with Crippen molar-refractivity contribution >= 4 is 16.7 Å². The highest BCUT2D eigenvalue weighted by atomic mass is 16.3. The van der Waals surface area contributed by atoms with Gasteiger partial charge in [0, 0.05) is 25.6 Å². The number of amides is 1. The Bertz CT molecular complexity index is 916. The Morgan fingerprint density at radius 3 is 2.87 bits per heavy atom. The first-order valence-corrected chi connectivity index (χ1v) is 7.61. The van der Waals surface area contributed by atoms with E-state index in [0.29, 0.717) is 12.0 Å². The molecule has 0 saturated carbocycles. The molecular formula is C18H17N3O2. The second kappa shape index (κ2) is 4.93. The Kier molecular flexibility index (Phi) is 2.99. The number of carbonyl (C=O) groups is 1. The molecule has 0 fully saturated rings. The molecule has 0 bridgehead atoms. The number of rotatable bonds is 2. The molecule has 116 valence electrons. The molecule has 0 radical (unpaired) electrons. The number of aromatic nitrogens is 2. The predicted octanol–water partition coefficient (Wildman–Crippen LogP) is 2.04. The molecule has 0 unspecified atom stereocenters. The molecule has 2 N–H and O–H groups in total. The van der Waals surface area contributed by atoms with E-state index in [0.717, 1.165) is 28.6 Å². The van der Waals surface area contributed by atoms with Crippen LogP contribution in [0.2, 0.25) is 0 Å². The van der Waals surface area contributed by atoms with Crippen LogP contribution >= 0.6 is 0 Å². The van der Waals surface area contributed by atoms with E-state index in [2.05, 4.69) is 10.3 Å². The first-order chi connectivity index (χ1) is 11.1. The minimum absolute atomic E-state index is 0.103. The fraction of sp³-hybridized carbons (Fsp3) is 0.222. The fourth-order valence-corrected chi connectivity index (χ4v) is 3.33. The minimum Gasteiger partial charge on any atom is -0.379 e. The van der Waals surface area contributed by atoms with Crippen molar-refractivity contribution in [2.24, 2.45) is 0 Å². The van der Waals surface area contributed by atoms with Gasteiger partial charge in [0.1, 0.15) is 5.60 Å². The van der Waals surface area contributed by atoms with E-state index in [-0.39, 0.29) is 5.91 Å². The van der Waals surface area contributed by atoms with E-state index in [9.17, 15) is 9.90 Å². The van der Waals surface area contributed by atoms with Crippen LogP contribution in [0.25, 0.3) is 10.8 Å². The summed E-state index contributed by atoms with van der Waals surface area (Å²) < 4.78 is 1.99. The summed E-state index contributed by atoms with van der Waals surface area (Å²) in [6, 6.07) is 11.5. The van der Waals surface area contributed by atoms with E-state index in [1.807, 2.05) is 34.9 Å². The topological polar surface area (TPSA) is 67.2 Å². The van der Waals surface area contributed by atoms with Gasteiger partial charge in [-0.3, -0.25) is 4.79 Å². The van der Waals surface area contributed by atoms with Crippen molar-refractivity contribution < 1.29 is 9.90 Å². The quantitative estimate of drug-likeness (QED) is 0.761. The summed E-state index contributed by atoms with van der Waals surface area (Å²) in [4.78, 5) is 15.9. The van der Waals surface area contributed by atoms with Gasteiger partial charge in [-0.1, -0.05) is 18.2 Å². The highest BCUT2D eigenvalue weighted by Crippen LogP contribution is 2.39. The molecule has 1 amide bonds. The summed E-state index contributed by atoms with van der Waals surface area (Å²) in [5.74, 6) is -0.103. The summed E-state index contributed by atoms with van der Waals surface area (Å²) in [6.07, 6.45) is 4.13. The van der Waals surface area contributed by atoms with Gasteiger partial charge >= 0.3 is 0 Å². The Labute approximate surface area is 133 Å². The van der Waals surface area contributed by atoms with Crippen molar-refractivity contribution in [3.8, 4) is 0 Å². The Morgan fingerprint density at radius 2 is 2.04 bits per heavy atom. The van der Waals surface area contributed by atoms with Crippen LogP contribution in [-0.2, 0) is 12.1 Å². The van der Waals surface area contributed by atoms with Gasteiger partial charge in [-0.2, -0.15) is 0 Å². The van der Waals surface area contributed by atoms with Crippen molar-refractivity contribution in [1.82, 2.24) is 14.9 Å². The zero-order chi connectivity index (χ0) is 16.0. The van der Waals surface area contributed by atoms with Gasteiger partial charge in [0.25, 0.3) is 5.91 Å². The summed E-state index contributed by atoms with van der Waals surface area (Å²) in [6.45, 7) is 0.763. The average molecular weight is 307 g/mol. The van der Waals surface area contributed by atoms with Gasteiger partial charge in [-0.25, -0.2) is 4.98 Å². The zero-order valence-corrected chi connectivity index (χ0v) is 12.8.